The summed E-state index contributed by atoms with van der Waals surface area (Å²) in [4.78, 5) is 17.7. The van der Waals surface area contributed by atoms with Crippen LogP contribution >= 0.6 is 0 Å². The zero-order valence-electron chi connectivity index (χ0n) is 27.4. The second-order valence-electron chi connectivity index (χ2n) is 13.5. The summed E-state index contributed by atoms with van der Waals surface area (Å²) < 4.78 is 11.9. The van der Waals surface area contributed by atoms with Gasteiger partial charge >= 0.3 is 0 Å². The van der Waals surface area contributed by atoms with Crippen molar-refractivity contribution in [2.45, 2.75) is 122 Å². The Bertz CT molecular complexity index is 1520. The number of benzene rings is 2. The van der Waals surface area contributed by atoms with Crippen LogP contribution in [0.4, 0.5) is 0 Å². The molecule has 242 valence electrons. The van der Waals surface area contributed by atoms with Crippen LogP contribution in [0.15, 0.2) is 6.07 Å². The van der Waals surface area contributed by atoms with Crippen LogP contribution in [0.3, 0.4) is 0 Å². The van der Waals surface area contributed by atoms with Gasteiger partial charge in [-0.15, -0.1) is 0 Å². The highest BCUT2D eigenvalue weighted by atomic mass is 16.7. The fourth-order valence-electron chi connectivity index (χ4n) is 8.45. The Kier molecular flexibility index (Phi) is 8.91. The van der Waals surface area contributed by atoms with E-state index in [0.29, 0.717) is 42.1 Å². The van der Waals surface area contributed by atoms with E-state index in [2.05, 4.69) is 34.2 Å². The van der Waals surface area contributed by atoms with Gasteiger partial charge in [-0.3, -0.25) is 14.6 Å². The first-order valence-corrected chi connectivity index (χ1v) is 16.8. The Balaban J connectivity index is 1.36. The van der Waals surface area contributed by atoms with Crippen molar-refractivity contribution >= 4 is 5.91 Å². The summed E-state index contributed by atoms with van der Waals surface area (Å²) in [5.41, 5.74) is 6.09. The van der Waals surface area contributed by atoms with E-state index in [4.69, 9.17) is 9.47 Å². The number of hydrogen-bond donors (Lipinski definition) is 3. The van der Waals surface area contributed by atoms with Crippen LogP contribution < -0.4 is 14.8 Å². The average Bonchev–Trinajstić information content (AvgIpc) is 3.51. The third kappa shape index (κ3) is 5.30. The molecule has 2 unspecified atom stereocenters. The number of nitrogens with one attached hydrogen (secondary N) is 1. The maximum atomic E-state index is 13.2. The zero-order valence-corrected chi connectivity index (χ0v) is 27.4. The Morgan fingerprint density at radius 3 is 2.42 bits per heavy atom. The number of nitrogens with zero attached hydrogens (tertiary/aromatic N) is 3. The predicted molar refractivity (Wildman–Crippen MR) is 172 cm³/mol. The van der Waals surface area contributed by atoms with Crippen LogP contribution in [-0.2, 0) is 17.6 Å². The molecule has 0 aromatic heterocycles. The molecule has 0 radical (unpaired) electrons. The summed E-state index contributed by atoms with van der Waals surface area (Å²) in [5, 5.41) is 37.1. The molecule has 1 amide bonds. The van der Waals surface area contributed by atoms with Gasteiger partial charge in [0.2, 0.25) is 12.7 Å². The highest BCUT2D eigenvalue weighted by Gasteiger charge is 2.56. The Morgan fingerprint density at radius 1 is 0.978 bits per heavy atom. The molecule has 2 aromatic rings. The lowest BCUT2D eigenvalue weighted by atomic mass is 9.71. The quantitative estimate of drug-likeness (QED) is 0.288. The minimum atomic E-state index is -0.479. The number of nitriles is 1. The van der Waals surface area contributed by atoms with Crippen molar-refractivity contribution in [3.05, 3.63) is 45.0 Å². The lowest BCUT2D eigenvalue weighted by molar-refractivity contribution is -0.122. The number of carbonyl (C=O) groups is 1. The number of phenolic OH excluding ortho intramolecular Hbond substituents is 2. The number of rotatable bonds is 10. The molecule has 4 heterocycles. The van der Waals surface area contributed by atoms with Gasteiger partial charge in [0.05, 0.1) is 18.2 Å². The molecule has 2 bridgehead atoms. The molecule has 4 aliphatic heterocycles. The number of piperazine rings is 1. The largest absolute Gasteiger partial charge is 0.507 e. The van der Waals surface area contributed by atoms with E-state index in [0.717, 1.165) is 52.6 Å². The maximum Gasteiger partial charge on any atom is 0.231 e. The van der Waals surface area contributed by atoms with Crippen LogP contribution in [0, 0.1) is 32.1 Å². The normalized spacial score (nSPS) is 24.8. The van der Waals surface area contributed by atoms with E-state index in [-0.39, 0.29) is 43.1 Å². The minimum absolute atomic E-state index is 0.00528. The third-order valence-corrected chi connectivity index (χ3v) is 11.0. The van der Waals surface area contributed by atoms with Gasteiger partial charge in [0.1, 0.15) is 17.5 Å². The molecule has 0 spiro atoms. The lowest BCUT2D eigenvalue weighted by Gasteiger charge is -2.60. The van der Waals surface area contributed by atoms with Gasteiger partial charge in [0.25, 0.3) is 0 Å². The van der Waals surface area contributed by atoms with Gasteiger partial charge in [-0.25, -0.2) is 0 Å². The van der Waals surface area contributed by atoms with E-state index in [1.807, 2.05) is 27.8 Å². The van der Waals surface area contributed by atoms with Crippen molar-refractivity contribution in [2.75, 3.05) is 20.4 Å². The number of amides is 1. The van der Waals surface area contributed by atoms with E-state index >= 15 is 0 Å². The first kappa shape index (κ1) is 31.5. The van der Waals surface area contributed by atoms with Gasteiger partial charge in [-0.1, -0.05) is 51.5 Å². The number of aromatic hydroxyl groups is 2. The highest BCUT2D eigenvalue weighted by molar-refractivity contribution is 5.76. The van der Waals surface area contributed by atoms with Crippen molar-refractivity contribution in [3.8, 4) is 29.1 Å². The topological polar surface area (TPSA) is 118 Å². The summed E-state index contributed by atoms with van der Waals surface area (Å²) in [6.45, 7) is 8.36. The average molecular weight is 617 g/mol. The smallest absolute Gasteiger partial charge is 0.231 e. The fraction of sp³-hybridized carbons (Fsp3) is 0.611. The minimum Gasteiger partial charge on any atom is -0.507 e. The van der Waals surface area contributed by atoms with Crippen LogP contribution in [-0.4, -0.2) is 64.4 Å². The summed E-state index contributed by atoms with van der Waals surface area (Å²) >= 11 is 0. The summed E-state index contributed by atoms with van der Waals surface area (Å²) in [6, 6.07) is 3.37. The number of likely N-dealkylation sites (N-methyl/N-ethyl adjacent to an activating group) is 1. The van der Waals surface area contributed by atoms with Gasteiger partial charge in [0, 0.05) is 47.3 Å². The Morgan fingerprint density at radius 2 is 1.69 bits per heavy atom. The second-order valence-corrected chi connectivity index (χ2v) is 13.5. The van der Waals surface area contributed by atoms with E-state index in [1.165, 1.54) is 25.7 Å². The third-order valence-electron chi connectivity index (χ3n) is 11.0. The van der Waals surface area contributed by atoms with E-state index in [1.54, 1.807) is 0 Å². The molecule has 45 heavy (non-hydrogen) atoms. The molecule has 3 N–H and O–H groups in total. The maximum absolute atomic E-state index is 13.2. The Labute approximate surface area is 267 Å². The predicted octanol–water partition coefficient (Wildman–Crippen LogP) is 5.78. The first-order chi connectivity index (χ1) is 21.7. The van der Waals surface area contributed by atoms with Crippen LogP contribution in [0.25, 0.3) is 0 Å². The van der Waals surface area contributed by atoms with E-state index in [9.17, 15) is 20.3 Å². The monoisotopic (exact) mass is 616 g/mol. The first-order valence-electron chi connectivity index (χ1n) is 16.8. The molecule has 4 aliphatic rings. The number of fused-ring (bicyclic) bond motifs is 9. The van der Waals surface area contributed by atoms with Crippen molar-refractivity contribution in [3.63, 3.8) is 0 Å². The SMILES string of the molecule is CCCCCCCCCC(=O)NC[C@H]1c2c(c(O)c(C)c3c2OCO3)CC2C3c4c(cc(C)c(C)c4O)C[C@@H]([C@H](C#N)N21)N3C. The standard InChI is InChI=1S/C36H48N4O5/c1-6-7-8-9-10-11-12-13-29(41)38-18-28-31-24(33(42)22(4)35-36(31)45-19-44-35)16-26-32-30-23(14-20(2)21(3)34(30)43)15-25(39(32)5)27(17-37)40(26)28/h14,25-28,32,42-43H,6-13,15-16,18-19H2,1-5H3,(H,38,41)/t25-,26?,27-,28-,32?/m0/s1. The molecule has 0 aliphatic carbocycles. The molecule has 2 aromatic carbocycles. The second kappa shape index (κ2) is 12.7. The van der Waals surface area contributed by atoms with Crippen molar-refractivity contribution in [1.82, 2.24) is 15.1 Å². The zero-order chi connectivity index (χ0) is 32.0. The highest BCUT2D eigenvalue weighted by Crippen LogP contribution is 2.57. The molecule has 1 fully saturated rings. The molecular weight excluding hydrogens is 568 g/mol. The van der Waals surface area contributed by atoms with Crippen molar-refractivity contribution < 1.29 is 24.5 Å². The summed E-state index contributed by atoms with van der Waals surface area (Å²) in [5.74, 6) is 1.61. The number of unbranched alkanes of at least 4 members (excludes halogenated alkanes) is 6. The molecule has 0 saturated carbocycles. The van der Waals surface area contributed by atoms with E-state index < -0.39 is 12.1 Å². The molecule has 1 saturated heterocycles. The lowest BCUT2D eigenvalue weighted by Crippen LogP contribution is -2.68. The molecule has 9 heteroatoms. The number of aryl methyl sites for hydroxylation is 1. The van der Waals surface area contributed by atoms with Crippen molar-refractivity contribution in [2.24, 2.45) is 0 Å². The van der Waals surface area contributed by atoms with Gasteiger partial charge < -0.3 is 25.0 Å². The Hall–Kier alpha value is -3.48. The molecular formula is C36H48N4O5. The fourth-order valence-corrected chi connectivity index (χ4v) is 8.45. The van der Waals surface area contributed by atoms with Gasteiger partial charge in [-0.05, 0) is 63.8 Å². The number of phenols is 2. The number of carbonyl (C=O) groups excluding carboxylic acids is 1. The van der Waals surface area contributed by atoms with Gasteiger partial charge in [0.15, 0.2) is 11.5 Å². The van der Waals surface area contributed by atoms with Crippen LogP contribution in [0.1, 0.15) is 109 Å². The summed E-state index contributed by atoms with van der Waals surface area (Å²) in [6.07, 6.45) is 9.55. The molecule has 9 nitrogen and oxygen atoms in total. The van der Waals surface area contributed by atoms with Crippen LogP contribution in [0.2, 0.25) is 0 Å². The van der Waals surface area contributed by atoms with Gasteiger partial charge in [-0.2, -0.15) is 5.26 Å². The molecule has 6 rings (SSSR count). The number of ether oxygens (including phenoxy) is 2. The van der Waals surface area contributed by atoms with Crippen molar-refractivity contribution in [1.29, 1.82) is 5.26 Å². The summed E-state index contributed by atoms with van der Waals surface area (Å²) in [7, 11) is 2.05. The molecule has 5 atom stereocenters. The van der Waals surface area contributed by atoms with Crippen LogP contribution in [0.5, 0.6) is 23.0 Å². The number of hydrogen-bond acceptors (Lipinski definition) is 8.